The van der Waals surface area contributed by atoms with E-state index in [1.165, 1.54) is 4.31 Å². The van der Waals surface area contributed by atoms with Gasteiger partial charge in [-0.2, -0.15) is 9.40 Å². The Labute approximate surface area is 186 Å². The van der Waals surface area contributed by atoms with E-state index in [4.69, 9.17) is 17.3 Å². The zero-order chi connectivity index (χ0) is 22.5. The van der Waals surface area contributed by atoms with Gasteiger partial charge in [0.2, 0.25) is 10.0 Å². The Morgan fingerprint density at radius 3 is 2.23 bits per heavy atom. The highest BCUT2D eigenvalue weighted by atomic mass is 32.2. The second kappa shape index (κ2) is 10.7. The first-order valence-corrected chi connectivity index (χ1v) is 12.6. The van der Waals surface area contributed by atoms with Crippen molar-refractivity contribution in [1.82, 2.24) is 23.6 Å². The highest BCUT2D eigenvalue weighted by molar-refractivity contribution is 7.89. The number of hydrogen-bond donors (Lipinski definition) is 0. The summed E-state index contributed by atoms with van der Waals surface area (Å²) in [5, 5.41) is 4.82. The zero-order valence-corrected chi connectivity index (χ0v) is 20.6. The molecule has 0 saturated carbocycles. The first kappa shape index (κ1) is 24.7. The minimum absolute atomic E-state index is 0.154. The van der Waals surface area contributed by atoms with Crippen LogP contribution in [0, 0.1) is 4.77 Å². The van der Waals surface area contributed by atoms with Crippen molar-refractivity contribution in [2.75, 3.05) is 26.2 Å². The Hall–Kier alpha value is -1.55. The van der Waals surface area contributed by atoms with Gasteiger partial charge in [0.05, 0.1) is 11.6 Å². The fourth-order valence-corrected chi connectivity index (χ4v) is 5.28. The van der Waals surface area contributed by atoms with E-state index in [0.29, 0.717) is 30.4 Å². The van der Waals surface area contributed by atoms with Gasteiger partial charge >= 0.3 is 0 Å². The first-order valence-electron chi connectivity index (χ1n) is 10.8. The van der Waals surface area contributed by atoms with Crippen LogP contribution in [0.4, 0.5) is 0 Å². The zero-order valence-electron chi connectivity index (χ0n) is 19.0. The summed E-state index contributed by atoms with van der Waals surface area (Å²) in [6, 6.07) is 7.19. The lowest BCUT2D eigenvalue weighted by Gasteiger charge is -2.19. The maximum absolute atomic E-state index is 13.0. The van der Waals surface area contributed by atoms with Crippen molar-refractivity contribution >= 4 is 22.2 Å². The predicted octanol–water partition coefficient (Wildman–Crippen LogP) is 4.38. The van der Waals surface area contributed by atoms with Crippen molar-refractivity contribution in [1.29, 1.82) is 0 Å². The molecule has 168 valence electrons. The minimum atomic E-state index is -3.55. The molecule has 0 N–H and O–H groups in total. The topological polar surface area (TPSA) is 63.4 Å². The molecular formula is C21H35N5O2S2. The molecule has 0 amide bonds. The van der Waals surface area contributed by atoms with E-state index < -0.39 is 10.0 Å². The summed E-state index contributed by atoms with van der Waals surface area (Å²) in [5.41, 5.74) is 0.757. The maximum Gasteiger partial charge on any atom is 0.243 e. The molecule has 0 bridgehead atoms. The molecule has 9 heteroatoms. The number of benzene rings is 1. The van der Waals surface area contributed by atoms with Crippen LogP contribution in [0.15, 0.2) is 29.2 Å². The smallest absolute Gasteiger partial charge is 0.243 e. The van der Waals surface area contributed by atoms with E-state index in [1.807, 2.05) is 29.2 Å². The van der Waals surface area contributed by atoms with Crippen molar-refractivity contribution in [2.45, 2.75) is 65.6 Å². The summed E-state index contributed by atoms with van der Waals surface area (Å²) in [5.74, 6) is 0.707. The van der Waals surface area contributed by atoms with Crippen LogP contribution in [0.1, 0.15) is 54.0 Å². The summed E-state index contributed by atoms with van der Waals surface area (Å²) in [6.07, 6.45) is 0.899. The summed E-state index contributed by atoms with van der Waals surface area (Å²) < 4.78 is 32.0. The fourth-order valence-electron chi connectivity index (χ4n) is 3.41. The Kier molecular flexibility index (Phi) is 8.78. The summed E-state index contributed by atoms with van der Waals surface area (Å²) >= 11 is 5.77. The molecule has 0 spiro atoms. The predicted molar refractivity (Wildman–Crippen MR) is 125 cm³/mol. The third kappa shape index (κ3) is 5.01. The van der Waals surface area contributed by atoms with Gasteiger partial charge in [-0.25, -0.2) is 13.1 Å². The molecule has 0 saturated heterocycles. The number of sulfonamides is 1. The van der Waals surface area contributed by atoms with Crippen LogP contribution in [0.5, 0.6) is 0 Å². The Balaban J connectivity index is 2.62. The fraction of sp³-hybridized carbons (Fsp3) is 0.619. The SMILES string of the molecule is CCC(C)n1c(-c2cccc(S(=O)(=O)N(CC)CC)c2)nn(CN(CC)CC)c1=S. The van der Waals surface area contributed by atoms with Gasteiger partial charge in [-0.1, -0.05) is 46.8 Å². The lowest BCUT2D eigenvalue weighted by molar-refractivity contribution is 0.226. The van der Waals surface area contributed by atoms with Gasteiger partial charge in [0.1, 0.15) is 0 Å². The average Bonchev–Trinajstić information content (AvgIpc) is 3.08. The molecule has 0 aliphatic rings. The molecule has 1 unspecified atom stereocenters. The standard InChI is InChI=1S/C21H35N5O2S2/c1-7-17(6)26-20(22-25(21(26)29)16-23(8-2)9-3)18-13-12-14-19(15-18)30(27,28)24(10-4)11-5/h12-15,17H,7-11,16H2,1-6H3. The van der Waals surface area contributed by atoms with Crippen molar-refractivity contribution in [3.63, 3.8) is 0 Å². The van der Waals surface area contributed by atoms with E-state index in [2.05, 4.69) is 32.6 Å². The third-order valence-corrected chi connectivity index (χ3v) is 8.02. The molecule has 0 fully saturated rings. The molecule has 1 aromatic heterocycles. The Morgan fingerprint density at radius 2 is 1.70 bits per heavy atom. The Morgan fingerprint density at radius 1 is 1.07 bits per heavy atom. The number of hydrogen-bond acceptors (Lipinski definition) is 5. The normalized spacial score (nSPS) is 13.3. The van der Waals surface area contributed by atoms with Crippen LogP contribution in [-0.2, 0) is 16.7 Å². The molecule has 0 aliphatic carbocycles. The molecule has 0 radical (unpaired) electrons. The van der Waals surface area contributed by atoms with Gasteiger partial charge in [0.15, 0.2) is 10.6 Å². The first-order chi connectivity index (χ1) is 14.2. The largest absolute Gasteiger partial charge is 0.297 e. The second-order valence-corrected chi connectivity index (χ2v) is 9.60. The Bertz CT molecular complexity index is 989. The van der Waals surface area contributed by atoms with E-state index >= 15 is 0 Å². The van der Waals surface area contributed by atoms with Crippen LogP contribution in [0.3, 0.4) is 0 Å². The summed E-state index contributed by atoms with van der Waals surface area (Å²) in [7, 11) is -3.55. The van der Waals surface area contributed by atoms with E-state index in [9.17, 15) is 8.42 Å². The van der Waals surface area contributed by atoms with E-state index in [-0.39, 0.29) is 10.9 Å². The van der Waals surface area contributed by atoms with Crippen LogP contribution in [0.25, 0.3) is 11.4 Å². The van der Waals surface area contributed by atoms with Gasteiger partial charge < -0.3 is 0 Å². The molecule has 1 heterocycles. The van der Waals surface area contributed by atoms with Gasteiger partial charge in [-0.3, -0.25) is 9.47 Å². The van der Waals surface area contributed by atoms with E-state index in [0.717, 1.165) is 25.1 Å². The molecule has 1 aromatic carbocycles. The highest BCUT2D eigenvalue weighted by Gasteiger charge is 2.24. The van der Waals surface area contributed by atoms with Gasteiger partial charge in [-0.15, -0.1) is 0 Å². The van der Waals surface area contributed by atoms with E-state index in [1.54, 1.807) is 18.2 Å². The molecule has 0 aliphatic heterocycles. The van der Waals surface area contributed by atoms with Crippen molar-refractivity contribution in [3.05, 3.63) is 29.0 Å². The number of aromatic nitrogens is 3. The van der Waals surface area contributed by atoms with Crippen LogP contribution in [0.2, 0.25) is 0 Å². The van der Waals surface area contributed by atoms with Crippen LogP contribution >= 0.6 is 12.2 Å². The number of rotatable bonds is 11. The minimum Gasteiger partial charge on any atom is -0.297 e. The third-order valence-electron chi connectivity index (χ3n) is 5.57. The monoisotopic (exact) mass is 453 g/mol. The van der Waals surface area contributed by atoms with Crippen molar-refractivity contribution < 1.29 is 8.42 Å². The lowest BCUT2D eigenvalue weighted by Crippen LogP contribution is -2.30. The number of nitrogens with zero attached hydrogens (tertiary/aromatic N) is 5. The molecule has 2 rings (SSSR count). The van der Waals surface area contributed by atoms with Gasteiger partial charge in [0, 0.05) is 24.7 Å². The van der Waals surface area contributed by atoms with Crippen LogP contribution in [-0.4, -0.2) is 58.1 Å². The van der Waals surface area contributed by atoms with Gasteiger partial charge in [-0.05, 0) is 50.8 Å². The molecule has 7 nitrogen and oxygen atoms in total. The maximum atomic E-state index is 13.0. The van der Waals surface area contributed by atoms with Crippen LogP contribution < -0.4 is 0 Å². The van der Waals surface area contributed by atoms with Gasteiger partial charge in [0.25, 0.3) is 0 Å². The summed E-state index contributed by atoms with van der Waals surface area (Å²) in [4.78, 5) is 2.53. The highest BCUT2D eigenvalue weighted by Crippen LogP contribution is 2.27. The molecule has 30 heavy (non-hydrogen) atoms. The lowest BCUT2D eigenvalue weighted by atomic mass is 10.2. The van der Waals surface area contributed by atoms with Crippen molar-refractivity contribution in [3.8, 4) is 11.4 Å². The molecule has 1 atom stereocenters. The second-order valence-electron chi connectivity index (χ2n) is 7.29. The van der Waals surface area contributed by atoms with Crippen molar-refractivity contribution in [2.24, 2.45) is 0 Å². The molecular weight excluding hydrogens is 418 g/mol. The summed E-state index contributed by atoms with van der Waals surface area (Å²) in [6.45, 7) is 15.4. The average molecular weight is 454 g/mol. The molecule has 2 aromatic rings. The quantitative estimate of drug-likeness (QED) is 0.473.